The molecule has 6 nitrogen and oxygen atoms in total. The van der Waals surface area contributed by atoms with Gasteiger partial charge in [-0.15, -0.1) is 0 Å². The van der Waals surface area contributed by atoms with Gasteiger partial charge in [-0.05, 0) is 59.0 Å². The van der Waals surface area contributed by atoms with Crippen molar-refractivity contribution in [2.75, 3.05) is 12.0 Å². The van der Waals surface area contributed by atoms with Crippen molar-refractivity contribution in [1.29, 1.82) is 0 Å². The number of ether oxygens (including phenoxy) is 1. The van der Waals surface area contributed by atoms with Crippen molar-refractivity contribution in [3.05, 3.63) is 95.1 Å². The van der Waals surface area contributed by atoms with E-state index < -0.39 is 23.5 Å². The number of aromatic nitrogens is 1. The Bertz CT molecular complexity index is 1300. The van der Waals surface area contributed by atoms with Crippen LogP contribution in [-0.4, -0.2) is 28.9 Å². The number of halogens is 1. The van der Waals surface area contributed by atoms with Crippen LogP contribution in [0.5, 0.6) is 5.75 Å². The van der Waals surface area contributed by atoms with Gasteiger partial charge >= 0.3 is 0 Å². The van der Waals surface area contributed by atoms with Crippen LogP contribution in [0, 0.1) is 5.82 Å². The molecule has 0 bridgehead atoms. The zero-order valence-electron chi connectivity index (χ0n) is 19.4. The van der Waals surface area contributed by atoms with E-state index in [4.69, 9.17) is 4.74 Å². The van der Waals surface area contributed by atoms with Crippen molar-refractivity contribution in [3.8, 4) is 5.75 Å². The minimum absolute atomic E-state index is 0.107. The number of aliphatic hydroxyl groups is 1. The monoisotopic (exact) mass is 460 g/mol. The summed E-state index contributed by atoms with van der Waals surface area (Å²) in [6.45, 7) is 6.08. The fraction of sp³-hybridized carbons (Fsp3) is 0.222. The molecular weight excluding hydrogens is 435 g/mol. The zero-order chi connectivity index (χ0) is 24.6. The van der Waals surface area contributed by atoms with Crippen LogP contribution in [0.1, 0.15) is 43.5 Å². The molecule has 1 aliphatic rings. The topological polar surface area (TPSA) is 79.7 Å². The van der Waals surface area contributed by atoms with Gasteiger partial charge in [0.1, 0.15) is 17.3 Å². The lowest BCUT2D eigenvalue weighted by atomic mass is 9.85. The summed E-state index contributed by atoms with van der Waals surface area (Å²) in [6, 6.07) is 13.1. The second-order valence-electron chi connectivity index (χ2n) is 9.09. The second-order valence-corrected chi connectivity index (χ2v) is 9.09. The van der Waals surface area contributed by atoms with Gasteiger partial charge in [0, 0.05) is 18.1 Å². The Morgan fingerprint density at radius 3 is 2.38 bits per heavy atom. The van der Waals surface area contributed by atoms with E-state index in [0.29, 0.717) is 16.9 Å². The number of amides is 1. The number of aliphatic hydroxyl groups excluding tert-OH is 1. The standard InChI is InChI=1S/C27H25FN2O4/c1-27(2,3)17-8-9-21(34-4)20(14-17)24(31)22-23(16-10-12-29-13-11-16)30(26(33)25(22)32)19-7-5-6-18(28)15-19/h5-15,23,31H,1-4H3/b24-22+. The molecule has 1 atom stereocenters. The largest absolute Gasteiger partial charge is 0.507 e. The molecule has 1 amide bonds. The number of carbonyl (C=O) groups excluding carboxylic acids is 2. The van der Waals surface area contributed by atoms with E-state index >= 15 is 0 Å². The Balaban J connectivity index is 1.99. The fourth-order valence-electron chi connectivity index (χ4n) is 4.09. The molecule has 4 rings (SSSR count). The van der Waals surface area contributed by atoms with Crippen LogP contribution in [0.25, 0.3) is 5.76 Å². The first-order valence-corrected chi connectivity index (χ1v) is 10.8. The van der Waals surface area contributed by atoms with Crippen LogP contribution >= 0.6 is 0 Å². The van der Waals surface area contributed by atoms with Gasteiger partial charge < -0.3 is 9.84 Å². The molecule has 1 unspecified atom stereocenters. The number of hydrogen-bond acceptors (Lipinski definition) is 5. The first-order valence-electron chi connectivity index (χ1n) is 10.8. The maximum Gasteiger partial charge on any atom is 0.300 e. The molecule has 1 fully saturated rings. The van der Waals surface area contributed by atoms with Crippen molar-refractivity contribution in [2.45, 2.75) is 32.2 Å². The average molecular weight is 461 g/mol. The summed E-state index contributed by atoms with van der Waals surface area (Å²) in [5.74, 6) is -2.28. The SMILES string of the molecule is COc1ccc(C(C)(C)C)cc1/C(O)=C1\C(=O)C(=O)N(c2cccc(F)c2)C1c1ccncc1. The Kier molecular flexibility index (Phi) is 5.96. The highest BCUT2D eigenvalue weighted by atomic mass is 19.1. The molecule has 1 aliphatic heterocycles. The third-order valence-corrected chi connectivity index (χ3v) is 5.87. The Labute approximate surface area is 197 Å². The van der Waals surface area contributed by atoms with Gasteiger partial charge in [0.2, 0.25) is 0 Å². The quantitative estimate of drug-likeness (QED) is 0.331. The maximum atomic E-state index is 14.0. The molecule has 0 spiro atoms. The number of benzene rings is 2. The summed E-state index contributed by atoms with van der Waals surface area (Å²) >= 11 is 0. The van der Waals surface area contributed by atoms with E-state index in [-0.39, 0.29) is 22.4 Å². The highest BCUT2D eigenvalue weighted by molar-refractivity contribution is 6.51. The normalized spacial score (nSPS) is 17.8. The number of hydrogen-bond donors (Lipinski definition) is 1. The number of nitrogens with zero attached hydrogens (tertiary/aromatic N) is 2. The van der Waals surface area contributed by atoms with Crippen LogP contribution in [0.4, 0.5) is 10.1 Å². The van der Waals surface area contributed by atoms with Crippen molar-refractivity contribution >= 4 is 23.1 Å². The zero-order valence-corrected chi connectivity index (χ0v) is 19.4. The fourth-order valence-corrected chi connectivity index (χ4v) is 4.09. The van der Waals surface area contributed by atoms with E-state index in [1.165, 1.54) is 42.6 Å². The molecule has 0 saturated carbocycles. The van der Waals surface area contributed by atoms with Crippen molar-refractivity contribution in [1.82, 2.24) is 4.98 Å². The summed E-state index contributed by atoms with van der Waals surface area (Å²) in [5.41, 5.74) is 1.62. The van der Waals surface area contributed by atoms with Crippen LogP contribution in [0.3, 0.4) is 0 Å². The molecule has 1 N–H and O–H groups in total. The smallest absolute Gasteiger partial charge is 0.300 e. The lowest BCUT2D eigenvalue weighted by Crippen LogP contribution is -2.29. The van der Waals surface area contributed by atoms with Gasteiger partial charge in [0.05, 0.1) is 24.3 Å². The maximum absolute atomic E-state index is 14.0. The number of carbonyl (C=O) groups is 2. The predicted molar refractivity (Wildman–Crippen MR) is 127 cm³/mol. The van der Waals surface area contributed by atoms with Crippen molar-refractivity contribution in [2.24, 2.45) is 0 Å². The first-order chi connectivity index (χ1) is 16.1. The molecule has 174 valence electrons. The van der Waals surface area contributed by atoms with Crippen molar-refractivity contribution < 1.29 is 23.8 Å². The summed E-state index contributed by atoms with van der Waals surface area (Å²) in [5, 5.41) is 11.5. The number of Topliss-reactive ketones (excluding diaryl/α,β-unsaturated/α-hetero) is 1. The highest BCUT2D eigenvalue weighted by Gasteiger charge is 2.47. The number of methoxy groups -OCH3 is 1. The number of anilines is 1. The lowest BCUT2D eigenvalue weighted by Gasteiger charge is -2.26. The van der Waals surface area contributed by atoms with E-state index in [9.17, 15) is 19.1 Å². The van der Waals surface area contributed by atoms with E-state index in [1.807, 2.05) is 26.8 Å². The molecule has 1 saturated heterocycles. The second kappa shape index (κ2) is 8.74. The van der Waals surface area contributed by atoms with Crippen LogP contribution < -0.4 is 9.64 Å². The first kappa shape index (κ1) is 23.2. The summed E-state index contributed by atoms with van der Waals surface area (Å²) < 4.78 is 19.5. The van der Waals surface area contributed by atoms with E-state index in [2.05, 4.69) is 4.98 Å². The highest BCUT2D eigenvalue weighted by Crippen LogP contribution is 2.43. The van der Waals surface area contributed by atoms with E-state index in [1.54, 1.807) is 30.3 Å². The van der Waals surface area contributed by atoms with Gasteiger partial charge in [0.15, 0.2) is 0 Å². The summed E-state index contributed by atoms with van der Waals surface area (Å²) in [4.78, 5) is 31.7. The van der Waals surface area contributed by atoms with E-state index in [0.717, 1.165) is 5.56 Å². The predicted octanol–water partition coefficient (Wildman–Crippen LogP) is 5.15. The van der Waals surface area contributed by atoms with Crippen molar-refractivity contribution in [3.63, 3.8) is 0 Å². The summed E-state index contributed by atoms with van der Waals surface area (Å²) in [6.07, 6.45) is 3.06. The third-order valence-electron chi connectivity index (χ3n) is 5.87. The molecule has 7 heteroatoms. The van der Waals surface area contributed by atoms with Gasteiger partial charge in [-0.3, -0.25) is 19.5 Å². The molecule has 2 heterocycles. The molecule has 2 aromatic carbocycles. The Morgan fingerprint density at radius 1 is 1.06 bits per heavy atom. The van der Waals surface area contributed by atoms with Crippen LogP contribution in [0.2, 0.25) is 0 Å². The number of ketones is 1. The van der Waals surface area contributed by atoms with Gasteiger partial charge in [-0.25, -0.2) is 4.39 Å². The Hall–Kier alpha value is -4.00. The van der Waals surface area contributed by atoms with Gasteiger partial charge in [-0.2, -0.15) is 0 Å². The third kappa shape index (κ3) is 4.05. The van der Waals surface area contributed by atoms with Crippen LogP contribution in [-0.2, 0) is 15.0 Å². The molecule has 1 aromatic heterocycles. The molecule has 0 radical (unpaired) electrons. The van der Waals surface area contributed by atoms with Crippen LogP contribution in [0.15, 0.2) is 72.6 Å². The van der Waals surface area contributed by atoms with Gasteiger partial charge in [-0.1, -0.05) is 32.9 Å². The molecular formula is C27H25FN2O4. The van der Waals surface area contributed by atoms with Gasteiger partial charge in [0.25, 0.3) is 11.7 Å². The minimum Gasteiger partial charge on any atom is -0.507 e. The molecule has 3 aromatic rings. The lowest BCUT2D eigenvalue weighted by molar-refractivity contribution is -0.132. The molecule has 34 heavy (non-hydrogen) atoms. The minimum atomic E-state index is -0.979. The molecule has 0 aliphatic carbocycles. The Morgan fingerprint density at radius 2 is 1.76 bits per heavy atom. The number of rotatable bonds is 4. The summed E-state index contributed by atoms with van der Waals surface area (Å²) in [7, 11) is 1.47. The average Bonchev–Trinajstić information content (AvgIpc) is 3.08. The number of pyridine rings is 1.